The average Bonchev–Trinajstić information content (AvgIpc) is 2.61. The van der Waals surface area contributed by atoms with E-state index in [4.69, 9.17) is 10.5 Å². The Balaban J connectivity index is 1.93. The van der Waals surface area contributed by atoms with Gasteiger partial charge in [-0.15, -0.1) is 0 Å². The fourth-order valence-corrected chi connectivity index (χ4v) is 2.22. The van der Waals surface area contributed by atoms with Gasteiger partial charge in [-0.25, -0.2) is 4.98 Å². The minimum absolute atomic E-state index is 0.198. The molecule has 1 fully saturated rings. The molecular formula is C7H12N4OS. The third kappa shape index (κ3) is 2.20. The fraction of sp³-hybridized carbons (Fsp3) is 0.714. The van der Waals surface area contributed by atoms with Gasteiger partial charge >= 0.3 is 0 Å². The molecule has 1 aromatic rings. The molecule has 5 nitrogen and oxygen atoms in total. The zero-order valence-corrected chi connectivity index (χ0v) is 7.96. The zero-order valence-electron chi connectivity index (χ0n) is 7.14. The van der Waals surface area contributed by atoms with E-state index in [-0.39, 0.29) is 6.04 Å². The van der Waals surface area contributed by atoms with Gasteiger partial charge in [0.2, 0.25) is 0 Å². The van der Waals surface area contributed by atoms with Gasteiger partial charge in [-0.05, 0) is 6.42 Å². The van der Waals surface area contributed by atoms with Crippen LogP contribution in [0, 0.1) is 0 Å². The maximum absolute atomic E-state index is 5.93. The SMILES string of the molecule is NC1CCOCC1Sc1ncn[nH]1. The summed E-state index contributed by atoms with van der Waals surface area (Å²) in [6.07, 6.45) is 2.42. The van der Waals surface area contributed by atoms with Gasteiger partial charge in [0, 0.05) is 12.6 Å². The maximum Gasteiger partial charge on any atom is 0.183 e. The van der Waals surface area contributed by atoms with E-state index in [1.54, 1.807) is 11.8 Å². The first-order valence-electron chi connectivity index (χ1n) is 4.21. The number of aromatic amines is 1. The van der Waals surface area contributed by atoms with Crippen molar-refractivity contribution in [2.24, 2.45) is 5.73 Å². The summed E-state index contributed by atoms with van der Waals surface area (Å²) in [5, 5.41) is 7.67. The average molecular weight is 200 g/mol. The summed E-state index contributed by atoms with van der Waals surface area (Å²) in [6, 6.07) is 0.198. The standard InChI is InChI=1S/C7H12N4OS/c8-5-1-2-12-3-6(5)13-7-9-4-10-11-7/h4-6H,1-3,8H2,(H,9,10,11). The first kappa shape index (κ1) is 8.98. The molecule has 0 aliphatic carbocycles. The third-order valence-electron chi connectivity index (χ3n) is 2.01. The van der Waals surface area contributed by atoms with E-state index in [9.17, 15) is 0 Å². The molecule has 0 spiro atoms. The van der Waals surface area contributed by atoms with E-state index in [1.165, 1.54) is 6.33 Å². The number of thioether (sulfide) groups is 1. The lowest BCUT2D eigenvalue weighted by molar-refractivity contribution is 0.0915. The van der Waals surface area contributed by atoms with Gasteiger partial charge in [0.1, 0.15) is 6.33 Å². The van der Waals surface area contributed by atoms with E-state index in [0.29, 0.717) is 11.9 Å². The molecule has 1 aliphatic rings. The predicted octanol–water partition coefficient (Wildman–Crippen LogP) is 0.0130. The molecule has 0 aromatic carbocycles. The van der Waals surface area contributed by atoms with Crippen LogP contribution in [-0.4, -0.2) is 39.7 Å². The van der Waals surface area contributed by atoms with Crippen molar-refractivity contribution in [1.29, 1.82) is 0 Å². The van der Waals surface area contributed by atoms with Crippen LogP contribution in [0.4, 0.5) is 0 Å². The van der Waals surface area contributed by atoms with Crippen molar-refractivity contribution < 1.29 is 4.74 Å². The van der Waals surface area contributed by atoms with E-state index in [2.05, 4.69) is 15.2 Å². The number of nitrogens with one attached hydrogen (secondary N) is 1. The number of rotatable bonds is 2. The van der Waals surface area contributed by atoms with Crippen molar-refractivity contribution in [2.45, 2.75) is 22.9 Å². The summed E-state index contributed by atoms with van der Waals surface area (Å²) in [4.78, 5) is 4.03. The lowest BCUT2D eigenvalue weighted by atomic mass is 10.1. The van der Waals surface area contributed by atoms with Crippen molar-refractivity contribution in [3.05, 3.63) is 6.33 Å². The van der Waals surface area contributed by atoms with Crippen molar-refractivity contribution in [3.63, 3.8) is 0 Å². The molecule has 72 valence electrons. The number of hydrogen-bond donors (Lipinski definition) is 2. The van der Waals surface area contributed by atoms with Gasteiger partial charge in [0.15, 0.2) is 5.16 Å². The van der Waals surface area contributed by atoms with Crippen molar-refractivity contribution in [3.8, 4) is 0 Å². The van der Waals surface area contributed by atoms with Crippen LogP contribution >= 0.6 is 11.8 Å². The van der Waals surface area contributed by atoms with Gasteiger partial charge in [-0.1, -0.05) is 11.8 Å². The first-order chi connectivity index (χ1) is 6.36. The number of nitrogens with two attached hydrogens (primary N) is 1. The van der Waals surface area contributed by atoms with Crippen molar-refractivity contribution in [2.75, 3.05) is 13.2 Å². The van der Waals surface area contributed by atoms with Gasteiger partial charge in [0.25, 0.3) is 0 Å². The van der Waals surface area contributed by atoms with Crippen LogP contribution in [0.1, 0.15) is 6.42 Å². The Hall–Kier alpha value is -0.590. The largest absolute Gasteiger partial charge is 0.380 e. The van der Waals surface area contributed by atoms with E-state index in [0.717, 1.165) is 18.2 Å². The summed E-state index contributed by atoms with van der Waals surface area (Å²) in [5.41, 5.74) is 5.93. The van der Waals surface area contributed by atoms with Gasteiger partial charge < -0.3 is 10.5 Å². The lowest BCUT2D eigenvalue weighted by Gasteiger charge is -2.26. The van der Waals surface area contributed by atoms with Crippen LogP contribution in [-0.2, 0) is 4.74 Å². The molecule has 0 bridgehead atoms. The zero-order chi connectivity index (χ0) is 9.10. The van der Waals surface area contributed by atoms with Crippen LogP contribution in [0.3, 0.4) is 0 Å². The molecular weight excluding hydrogens is 188 g/mol. The quantitative estimate of drug-likeness (QED) is 0.703. The number of nitrogens with zero attached hydrogens (tertiary/aromatic N) is 2. The van der Waals surface area contributed by atoms with Crippen molar-refractivity contribution in [1.82, 2.24) is 15.2 Å². The summed E-state index contributed by atoms with van der Waals surface area (Å²) in [5.74, 6) is 0. The molecule has 0 radical (unpaired) electrons. The Labute approximate surface area is 80.4 Å². The highest BCUT2D eigenvalue weighted by atomic mass is 32.2. The third-order valence-corrected chi connectivity index (χ3v) is 3.22. The highest BCUT2D eigenvalue weighted by molar-refractivity contribution is 7.99. The Morgan fingerprint density at radius 3 is 3.31 bits per heavy atom. The number of aromatic nitrogens is 3. The smallest absolute Gasteiger partial charge is 0.183 e. The van der Waals surface area contributed by atoms with Crippen LogP contribution in [0.2, 0.25) is 0 Å². The molecule has 2 unspecified atom stereocenters. The second-order valence-electron chi connectivity index (χ2n) is 2.97. The second-order valence-corrected chi connectivity index (χ2v) is 4.20. The van der Waals surface area contributed by atoms with Gasteiger partial charge in [-0.2, -0.15) is 5.10 Å². The predicted molar refractivity (Wildman–Crippen MR) is 49.4 cm³/mol. The van der Waals surface area contributed by atoms with E-state index < -0.39 is 0 Å². The van der Waals surface area contributed by atoms with Crippen LogP contribution < -0.4 is 5.73 Å². The normalized spacial score (nSPS) is 29.0. The fourth-order valence-electron chi connectivity index (χ4n) is 1.24. The van der Waals surface area contributed by atoms with Crippen LogP contribution in [0.25, 0.3) is 0 Å². The topological polar surface area (TPSA) is 76.8 Å². The Kier molecular flexibility index (Phi) is 2.82. The van der Waals surface area contributed by atoms with Gasteiger partial charge in [-0.3, -0.25) is 5.10 Å². The first-order valence-corrected chi connectivity index (χ1v) is 5.09. The van der Waals surface area contributed by atoms with E-state index in [1.807, 2.05) is 0 Å². The molecule has 0 amide bonds. The molecule has 3 N–H and O–H groups in total. The number of hydrogen-bond acceptors (Lipinski definition) is 5. The molecule has 2 rings (SSSR count). The Bertz CT molecular complexity index is 253. The molecule has 0 saturated carbocycles. The monoisotopic (exact) mass is 200 g/mol. The maximum atomic E-state index is 5.93. The van der Waals surface area contributed by atoms with Crippen LogP contribution in [0.15, 0.2) is 11.5 Å². The molecule has 2 heterocycles. The van der Waals surface area contributed by atoms with E-state index >= 15 is 0 Å². The second kappa shape index (κ2) is 4.08. The number of ether oxygens (including phenoxy) is 1. The highest BCUT2D eigenvalue weighted by Gasteiger charge is 2.24. The number of H-pyrrole nitrogens is 1. The summed E-state index contributed by atoms with van der Waals surface area (Å²) < 4.78 is 5.34. The summed E-state index contributed by atoms with van der Waals surface area (Å²) in [7, 11) is 0. The summed E-state index contributed by atoms with van der Waals surface area (Å²) in [6.45, 7) is 1.47. The van der Waals surface area contributed by atoms with Crippen LogP contribution in [0.5, 0.6) is 0 Å². The molecule has 2 atom stereocenters. The molecule has 6 heteroatoms. The molecule has 1 aliphatic heterocycles. The molecule has 1 aromatic heterocycles. The summed E-state index contributed by atoms with van der Waals surface area (Å²) >= 11 is 1.60. The Morgan fingerprint density at radius 2 is 2.62 bits per heavy atom. The molecule has 13 heavy (non-hydrogen) atoms. The Morgan fingerprint density at radius 1 is 1.69 bits per heavy atom. The minimum atomic E-state index is 0.198. The lowest BCUT2D eigenvalue weighted by Crippen LogP contribution is -2.40. The van der Waals surface area contributed by atoms with Crippen molar-refractivity contribution >= 4 is 11.8 Å². The molecule has 1 saturated heterocycles. The minimum Gasteiger partial charge on any atom is -0.380 e. The van der Waals surface area contributed by atoms with Gasteiger partial charge in [0.05, 0.1) is 11.9 Å². The highest BCUT2D eigenvalue weighted by Crippen LogP contribution is 2.24.